The fourth-order valence-electron chi connectivity index (χ4n) is 0.788. The topological polar surface area (TPSA) is 41.6 Å². The van der Waals surface area contributed by atoms with Gasteiger partial charge >= 0.3 is 0 Å². The van der Waals surface area contributed by atoms with Gasteiger partial charge in [-0.25, -0.2) is 0 Å². The Bertz CT molecular complexity index is 290. The molecule has 0 amide bonds. The molecule has 2 rings (SSSR count). The third kappa shape index (κ3) is 2.27. The molecule has 5 heteroatoms. The average molecular weight is 335 g/mol. The molecule has 2 aromatic rings. The molecule has 1 N–H and O–H groups in total. The minimum atomic E-state index is 0. The number of nitrogens with zero attached hydrogens (tertiary/aromatic N) is 2. The minimum Gasteiger partial charge on any atom is -0.258 e. The van der Waals surface area contributed by atoms with Gasteiger partial charge in [0.15, 0.2) is 0 Å². The minimum absolute atomic E-state index is 0. The predicted molar refractivity (Wildman–Crippen MR) is 33.9 cm³/mol. The van der Waals surface area contributed by atoms with Crippen molar-refractivity contribution in [1.82, 2.24) is 15.4 Å². The molecule has 1 aromatic carbocycles. The van der Waals surface area contributed by atoms with Gasteiger partial charge in [0.05, 0.1) is 5.52 Å². The monoisotopic (exact) mass is 333 g/mol. The quantitative estimate of drug-likeness (QED) is 0.729. The predicted octanol–water partition coefficient (Wildman–Crippen LogP) is 0.953. The number of H-pyrrole nitrogens is 1. The maximum Gasteiger partial charge on any atom is 0.112 e. The van der Waals surface area contributed by atoms with Crippen LogP contribution in [0.5, 0.6) is 0 Å². The molecular weight excluding hydrogens is 330 g/mol. The summed E-state index contributed by atoms with van der Waals surface area (Å²) < 4.78 is 0. The molecule has 0 bridgehead atoms. The van der Waals surface area contributed by atoms with E-state index in [2.05, 4.69) is 15.4 Å². The van der Waals surface area contributed by atoms with Crippen molar-refractivity contribution >= 4 is 11.0 Å². The van der Waals surface area contributed by atoms with Crippen LogP contribution in [0, 0.1) is 0 Å². The van der Waals surface area contributed by atoms with Gasteiger partial charge in [0.2, 0.25) is 0 Å². The van der Waals surface area contributed by atoms with Gasteiger partial charge in [-0.05, 0) is 12.1 Å². The Morgan fingerprint density at radius 2 is 1.82 bits per heavy atom. The van der Waals surface area contributed by atoms with Crippen molar-refractivity contribution in [3.63, 3.8) is 0 Å². The smallest absolute Gasteiger partial charge is 0.112 e. The van der Waals surface area contributed by atoms with Gasteiger partial charge in [0, 0.05) is 44.8 Å². The van der Waals surface area contributed by atoms with Crippen molar-refractivity contribution in [2.75, 3.05) is 0 Å². The molecule has 0 spiro atoms. The Hall–Kier alpha value is 0.101. The molecule has 1 heterocycles. The van der Waals surface area contributed by atoms with Crippen LogP contribution in [-0.4, -0.2) is 15.4 Å². The first-order chi connectivity index (χ1) is 4.47. The van der Waals surface area contributed by atoms with E-state index in [0.717, 1.165) is 11.0 Å². The molecular formula is C6H5Ag2N3. The summed E-state index contributed by atoms with van der Waals surface area (Å²) in [6.45, 7) is 0. The molecule has 0 aliphatic carbocycles. The molecule has 0 aliphatic heterocycles. The zero-order valence-electron chi connectivity index (χ0n) is 5.31. The molecule has 66 valence electrons. The van der Waals surface area contributed by atoms with Gasteiger partial charge in [0.25, 0.3) is 0 Å². The van der Waals surface area contributed by atoms with E-state index in [-0.39, 0.29) is 44.8 Å². The van der Waals surface area contributed by atoms with E-state index in [1.54, 1.807) is 0 Å². The number of aromatic amines is 1. The summed E-state index contributed by atoms with van der Waals surface area (Å²) in [5, 5.41) is 10.2. The molecule has 1 aromatic heterocycles. The van der Waals surface area contributed by atoms with E-state index in [1.807, 2.05) is 24.3 Å². The number of hydrogen-bond donors (Lipinski definition) is 1. The number of hydrogen-bond acceptors (Lipinski definition) is 2. The Morgan fingerprint density at radius 1 is 1.09 bits per heavy atom. The van der Waals surface area contributed by atoms with Crippen LogP contribution >= 0.6 is 0 Å². The van der Waals surface area contributed by atoms with Crippen LogP contribution in [0.3, 0.4) is 0 Å². The van der Waals surface area contributed by atoms with E-state index in [0.29, 0.717) is 0 Å². The second kappa shape index (κ2) is 4.87. The first-order valence-corrected chi connectivity index (χ1v) is 2.72. The van der Waals surface area contributed by atoms with E-state index in [9.17, 15) is 0 Å². The van der Waals surface area contributed by atoms with Gasteiger partial charge in [-0.3, -0.25) is 5.10 Å². The second-order valence-corrected chi connectivity index (χ2v) is 1.83. The van der Waals surface area contributed by atoms with Gasteiger partial charge in [0.1, 0.15) is 5.52 Å². The van der Waals surface area contributed by atoms with Gasteiger partial charge in [-0.15, -0.1) is 5.10 Å². The molecule has 0 unspecified atom stereocenters. The van der Waals surface area contributed by atoms with Gasteiger partial charge in [-0.2, -0.15) is 0 Å². The number of rotatable bonds is 0. The van der Waals surface area contributed by atoms with Gasteiger partial charge in [-0.1, -0.05) is 17.3 Å². The van der Waals surface area contributed by atoms with Crippen LogP contribution in [0.4, 0.5) is 0 Å². The Morgan fingerprint density at radius 3 is 2.55 bits per heavy atom. The number of aromatic nitrogens is 3. The summed E-state index contributed by atoms with van der Waals surface area (Å²) in [4.78, 5) is 0. The first-order valence-electron chi connectivity index (χ1n) is 2.72. The zero-order valence-corrected chi connectivity index (χ0v) is 8.27. The molecule has 0 saturated heterocycles. The molecule has 2 radical (unpaired) electrons. The fourth-order valence-corrected chi connectivity index (χ4v) is 0.788. The van der Waals surface area contributed by atoms with Crippen LogP contribution in [0.2, 0.25) is 0 Å². The second-order valence-electron chi connectivity index (χ2n) is 1.83. The van der Waals surface area contributed by atoms with Crippen molar-refractivity contribution in [1.29, 1.82) is 0 Å². The summed E-state index contributed by atoms with van der Waals surface area (Å²) in [5.74, 6) is 0. The van der Waals surface area contributed by atoms with E-state index in [4.69, 9.17) is 0 Å². The standard InChI is InChI=1S/C6H5N3.2Ag/c1-2-4-6-5(3-1)7-9-8-6;;/h1-4H,(H,7,8,9);;. The van der Waals surface area contributed by atoms with Crippen molar-refractivity contribution in [3.05, 3.63) is 24.3 Å². The third-order valence-corrected chi connectivity index (χ3v) is 1.23. The average Bonchev–Trinajstić information content (AvgIpc) is 2.33. The molecule has 0 saturated carbocycles. The number of para-hydroxylation sites is 1. The summed E-state index contributed by atoms with van der Waals surface area (Å²) in [6.07, 6.45) is 0. The van der Waals surface area contributed by atoms with Crippen molar-refractivity contribution in [2.24, 2.45) is 0 Å². The van der Waals surface area contributed by atoms with Crippen molar-refractivity contribution in [3.8, 4) is 0 Å². The van der Waals surface area contributed by atoms with E-state index < -0.39 is 0 Å². The van der Waals surface area contributed by atoms with Gasteiger partial charge < -0.3 is 0 Å². The van der Waals surface area contributed by atoms with Crippen molar-refractivity contribution < 1.29 is 44.8 Å². The first kappa shape index (κ1) is 11.1. The maximum absolute atomic E-state index is 3.81. The molecule has 0 aliphatic rings. The summed E-state index contributed by atoms with van der Waals surface area (Å²) in [7, 11) is 0. The summed E-state index contributed by atoms with van der Waals surface area (Å²) >= 11 is 0. The van der Waals surface area contributed by atoms with Crippen LogP contribution in [0.1, 0.15) is 0 Å². The largest absolute Gasteiger partial charge is 0.258 e. The molecule has 11 heavy (non-hydrogen) atoms. The Kier molecular flexibility index (Phi) is 4.92. The maximum atomic E-state index is 3.81. The molecule has 0 atom stereocenters. The molecule has 3 nitrogen and oxygen atoms in total. The van der Waals surface area contributed by atoms with Crippen LogP contribution in [0.15, 0.2) is 24.3 Å². The van der Waals surface area contributed by atoms with E-state index in [1.165, 1.54) is 0 Å². The Balaban J connectivity index is 0.000000500. The Labute approximate surface area is 95.0 Å². The summed E-state index contributed by atoms with van der Waals surface area (Å²) in [5.41, 5.74) is 1.90. The molecule has 0 fully saturated rings. The summed E-state index contributed by atoms with van der Waals surface area (Å²) in [6, 6.07) is 7.74. The number of benzene rings is 1. The van der Waals surface area contributed by atoms with Crippen LogP contribution in [0.25, 0.3) is 11.0 Å². The SMILES string of the molecule is [Ag].[Ag].c1ccc2[nH]nnc2c1. The van der Waals surface area contributed by atoms with Crippen molar-refractivity contribution in [2.45, 2.75) is 0 Å². The number of fused-ring (bicyclic) bond motifs is 1. The van der Waals surface area contributed by atoms with E-state index >= 15 is 0 Å². The van der Waals surface area contributed by atoms with Crippen LogP contribution in [-0.2, 0) is 44.8 Å². The fraction of sp³-hybridized carbons (Fsp3) is 0. The normalized spacial score (nSPS) is 8.36. The third-order valence-electron chi connectivity index (χ3n) is 1.23. The zero-order chi connectivity index (χ0) is 6.10. The number of nitrogens with one attached hydrogen (secondary N) is 1. The van der Waals surface area contributed by atoms with Crippen LogP contribution < -0.4 is 0 Å².